The highest BCUT2D eigenvalue weighted by Crippen LogP contribution is 2.14. The number of aromatic nitrogens is 2. The average Bonchev–Trinajstić information content (AvgIpc) is 2.55. The van der Waals surface area contributed by atoms with Gasteiger partial charge in [-0.15, -0.1) is 0 Å². The number of sulfonamides is 1. The summed E-state index contributed by atoms with van der Waals surface area (Å²) >= 11 is 0. The topological polar surface area (TPSA) is 72.4 Å². The van der Waals surface area contributed by atoms with Crippen LogP contribution in [0.25, 0.3) is 0 Å². The monoisotopic (exact) mass is 271 g/mol. The van der Waals surface area contributed by atoms with E-state index in [2.05, 4.69) is 9.97 Å². The Morgan fingerprint density at radius 1 is 1.56 bits per heavy atom. The van der Waals surface area contributed by atoms with Crippen LogP contribution in [-0.4, -0.2) is 55.3 Å². The summed E-state index contributed by atoms with van der Waals surface area (Å²) in [5.41, 5.74) is 0.911. The Hall–Kier alpha value is -1.05. The van der Waals surface area contributed by atoms with Crippen LogP contribution in [0.3, 0.4) is 0 Å². The first-order chi connectivity index (χ1) is 8.55. The van der Waals surface area contributed by atoms with E-state index in [9.17, 15) is 8.42 Å². The largest absolute Gasteiger partial charge is 0.380 e. The number of hydrogen-bond donors (Lipinski definition) is 0. The van der Waals surface area contributed by atoms with Crippen molar-refractivity contribution in [1.82, 2.24) is 14.3 Å². The highest BCUT2D eigenvalue weighted by atomic mass is 32.2. The maximum absolute atomic E-state index is 11.6. The molecule has 0 aromatic carbocycles. The van der Waals surface area contributed by atoms with Crippen LogP contribution in [0.15, 0.2) is 18.6 Å². The second kappa shape index (κ2) is 5.73. The van der Waals surface area contributed by atoms with Crippen molar-refractivity contribution in [2.45, 2.75) is 6.42 Å². The van der Waals surface area contributed by atoms with Gasteiger partial charge in [0.2, 0.25) is 10.0 Å². The van der Waals surface area contributed by atoms with Crippen LogP contribution in [0.1, 0.15) is 5.69 Å². The third-order valence-corrected chi connectivity index (χ3v) is 4.18. The maximum atomic E-state index is 11.6. The maximum Gasteiger partial charge on any atom is 0.211 e. The minimum Gasteiger partial charge on any atom is -0.380 e. The van der Waals surface area contributed by atoms with Crippen LogP contribution in [0.4, 0.5) is 0 Å². The van der Waals surface area contributed by atoms with Crippen LogP contribution in [0.2, 0.25) is 0 Å². The lowest BCUT2D eigenvalue weighted by atomic mass is 10.0. The second-order valence-corrected chi connectivity index (χ2v) is 6.45. The summed E-state index contributed by atoms with van der Waals surface area (Å²) in [6.07, 6.45) is 5.13. The molecule has 1 aliphatic heterocycles. The van der Waals surface area contributed by atoms with E-state index in [-0.39, 0.29) is 5.92 Å². The molecule has 18 heavy (non-hydrogen) atoms. The summed E-state index contributed by atoms with van der Waals surface area (Å²) in [5.74, 6) is 0.136. The van der Waals surface area contributed by atoms with Crippen molar-refractivity contribution >= 4 is 10.0 Å². The third-order valence-electron chi connectivity index (χ3n) is 2.91. The van der Waals surface area contributed by atoms with Gasteiger partial charge >= 0.3 is 0 Å². The van der Waals surface area contributed by atoms with Crippen LogP contribution in [0, 0.1) is 5.92 Å². The molecule has 1 fully saturated rings. The van der Waals surface area contributed by atoms with Gasteiger partial charge in [-0.3, -0.25) is 0 Å². The smallest absolute Gasteiger partial charge is 0.211 e. The molecule has 0 radical (unpaired) electrons. The normalized spacial score (nSPS) is 22.6. The molecule has 1 aromatic heterocycles. The van der Waals surface area contributed by atoms with Gasteiger partial charge in [-0.25, -0.2) is 18.4 Å². The lowest BCUT2D eigenvalue weighted by Gasteiger charge is -2.20. The number of rotatable bonds is 3. The number of hydrogen-bond acceptors (Lipinski definition) is 5. The molecule has 1 aromatic rings. The molecule has 0 N–H and O–H groups in total. The highest BCUT2D eigenvalue weighted by molar-refractivity contribution is 7.88. The summed E-state index contributed by atoms with van der Waals surface area (Å²) in [6, 6.07) is 1.84. The van der Waals surface area contributed by atoms with E-state index in [1.807, 2.05) is 6.07 Å². The van der Waals surface area contributed by atoms with Gasteiger partial charge in [-0.2, -0.15) is 4.31 Å². The first-order valence-corrected chi connectivity index (χ1v) is 7.68. The second-order valence-electron chi connectivity index (χ2n) is 4.47. The minimum absolute atomic E-state index is 0.136. The van der Waals surface area contributed by atoms with Gasteiger partial charge in [0.05, 0.1) is 19.5 Å². The molecule has 0 spiro atoms. The number of ether oxygens (including phenoxy) is 1. The van der Waals surface area contributed by atoms with Gasteiger partial charge in [0.1, 0.15) is 6.33 Å². The predicted molar refractivity (Wildman–Crippen MR) is 66.5 cm³/mol. The van der Waals surface area contributed by atoms with Crippen LogP contribution in [0.5, 0.6) is 0 Å². The molecule has 1 atom stereocenters. The molecule has 0 amide bonds. The lowest BCUT2D eigenvalue weighted by molar-refractivity contribution is 0.122. The Morgan fingerprint density at radius 2 is 2.39 bits per heavy atom. The average molecular weight is 271 g/mol. The Bertz CT molecular complexity index is 478. The summed E-state index contributed by atoms with van der Waals surface area (Å²) in [5, 5.41) is 0. The van der Waals surface area contributed by atoms with E-state index in [0.29, 0.717) is 32.7 Å². The molecule has 0 unspecified atom stereocenters. The van der Waals surface area contributed by atoms with Crippen LogP contribution >= 0.6 is 0 Å². The molecule has 0 bridgehead atoms. The molecule has 6 nitrogen and oxygen atoms in total. The minimum atomic E-state index is -3.15. The first kappa shape index (κ1) is 13.4. The van der Waals surface area contributed by atoms with E-state index >= 15 is 0 Å². The summed E-state index contributed by atoms with van der Waals surface area (Å²) in [4.78, 5) is 8.02. The SMILES string of the molecule is CS(=O)(=O)N1CCOC[C@@H](Cc2ccncn2)C1. The van der Waals surface area contributed by atoms with Crippen molar-refractivity contribution < 1.29 is 13.2 Å². The molecule has 0 aliphatic carbocycles. The van der Waals surface area contributed by atoms with Gasteiger partial charge in [-0.05, 0) is 12.5 Å². The van der Waals surface area contributed by atoms with Crippen molar-refractivity contribution in [3.05, 3.63) is 24.3 Å². The summed E-state index contributed by atoms with van der Waals surface area (Å²) in [7, 11) is -3.15. The zero-order valence-electron chi connectivity index (χ0n) is 10.3. The molecule has 1 aliphatic rings. The highest BCUT2D eigenvalue weighted by Gasteiger charge is 2.24. The lowest BCUT2D eigenvalue weighted by Crippen LogP contribution is -2.35. The van der Waals surface area contributed by atoms with Gasteiger partial charge < -0.3 is 4.74 Å². The third kappa shape index (κ3) is 3.72. The van der Waals surface area contributed by atoms with Crippen molar-refractivity contribution in [2.75, 3.05) is 32.6 Å². The molecule has 100 valence electrons. The summed E-state index contributed by atoms with van der Waals surface area (Å²) in [6.45, 7) is 1.94. The molecule has 0 saturated carbocycles. The fourth-order valence-electron chi connectivity index (χ4n) is 2.01. The fourth-order valence-corrected chi connectivity index (χ4v) is 2.90. The standard InChI is InChI=1S/C11H17N3O3S/c1-18(15,16)14-4-5-17-8-10(7-14)6-11-2-3-12-9-13-11/h2-3,9-10H,4-8H2,1H3/t10-/m0/s1. The van der Waals surface area contributed by atoms with Gasteiger partial charge in [0.25, 0.3) is 0 Å². The molecular formula is C11H17N3O3S. The first-order valence-electron chi connectivity index (χ1n) is 5.83. The molecular weight excluding hydrogens is 254 g/mol. The van der Waals surface area contributed by atoms with E-state index in [1.54, 1.807) is 6.20 Å². The van der Waals surface area contributed by atoms with Crippen LogP contribution < -0.4 is 0 Å². The van der Waals surface area contributed by atoms with E-state index in [4.69, 9.17) is 4.74 Å². The van der Waals surface area contributed by atoms with E-state index < -0.39 is 10.0 Å². The van der Waals surface area contributed by atoms with Gasteiger partial charge in [0.15, 0.2) is 0 Å². The van der Waals surface area contributed by atoms with Crippen molar-refractivity contribution in [3.63, 3.8) is 0 Å². The van der Waals surface area contributed by atoms with Gasteiger partial charge in [-0.1, -0.05) is 0 Å². The van der Waals surface area contributed by atoms with Crippen molar-refractivity contribution in [3.8, 4) is 0 Å². The zero-order chi connectivity index (χ0) is 13.0. The molecule has 2 heterocycles. The molecule has 1 saturated heterocycles. The van der Waals surface area contributed by atoms with Gasteiger partial charge in [0, 0.05) is 30.9 Å². The predicted octanol–water partition coefficient (Wildman–Crippen LogP) is -0.0729. The summed E-state index contributed by atoms with van der Waals surface area (Å²) < 4.78 is 30.1. The zero-order valence-corrected chi connectivity index (χ0v) is 11.1. The molecule has 2 rings (SSSR count). The fraction of sp³-hybridized carbons (Fsp3) is 0.636. The Morgan fingerprint density at radius 3 is 3.06 bits per heavy atom. The van der Waals surface area contributed by atoms with Crippen molar-refractivity contribution in [1.29, 1.82) is 0 Å². The Labute approximate surface area is 107 Å². The van der Waals surface area contributed by atoms with E-state index in [1.165, 1.54) is 16.9 Å². The van der Waals surface area contributed by atoms with Crippen LogP contribution in [-0.2, 0) is 21.2 Å². The Balaban J connectivity index is 2.04. The van der Waals surface area contributed by atoms with Crippen molar-refractivity contribution in [2.24, 2.45) is 5.92 Å². The Kier molecular flexibility index (Phi) is 4.26. The molecule has 7 heteroatoms. The number of nitrogens with zero attached hydrogens (tertiary/aromatic N) is 3. The quantitative estimate of drug-likeness (QED) is 0.769. The van der Waals surface area contributed by atoms with E-state index in [0.717, 1.165) is 5.69 Å².